The number of carbonyl (C=O) groups is 1. The number of hydrogen-bond acceptors (Lipinski definition) is 4. The van der Waals surface area contributed by atoms with E-state index in [1.807, 2.05) is 30.3 Å². The third kappa shape index (κ3) is 2.18. The average molecular weight is 324 g/mol. The molecule has 1 fully saturated rings. The summed E-state index contributed by atoms with van der Waals surface area (Å²) in [6.07, 6.45) is 0.528. The average Bonchev–Trinajstić information content (AvgIpc) is 2.97. The second-order valence-corrected chi connectivity index (χ2v) is 6.31. The lowest BCUT2D eigenvalue weighted by atomic mass is 10.2. The van der Waals surface area contributed by atoms with E-state index in [1.165, 1.54) is 11.3 Å². The largest absolute Gasteiger partial charge is 0.285 e. The van der Waals surface area contributed by atoms with Crippen molar-refractivity contribution < 1.29 is 4.79 Å². The quantitative estimate of drug-likeness (QED) is 0.798. The maximum absolute atomic E-state index is 11.8. The van der Waals surface area contributed by atoms with E-state index in [0.717, 1.165) is 10.6 Å². The molecule has 1 unspecified atom stereocenters. The minimum absolute atomic E-state index is 0.104. The van der Waals surface area contributed by atoms with Gasteiger partial charge in [-0.3, -0.25) is 9.69 Å². The Morgan fingerprint density at radius 1 is 1.28 bits per heavy atom. The summed E-state index contributed by atoms with van der Waals surface area (Å²) in [6, 6.07) is 9.87. The molecule has 2 aromatic rings. The number of nitrogens with zero attached hydrogens (tertiary/aromatic N) is 3. The van der Waals surface area contributed by atoms with E-state index in [9.17, 15) is 4.79 Å². The van der Waals surface area contributed by atoms with Gasteiger partial charge in [-0.25, -0.2) is 0 Å². The van der Waals surface area contributed by atoms with Crippen LogP contribution < -0.4 is 4.90 Å². The lowest BCUT2D eigenvalue weighted by Gasteiger charge is -2.09. The van der Waals surface area contributed by atoms with E-state index < -0.39 is 0 Å². The Labute approximate surface area is 117 Å². The smallest absolute Gasteiger partial charge is 0.230 e. The fourth-order valence-electron chi connectivity index (χ4n) is 1.87. The predicted molar refractivity (Wildman–Crippen MR) is 75.0 cm³/mol. The number of carbonyl (C=O) groups excluding carboxylic acids is 1. The van der Waals surface area contributed by atoms with Crippen LogP contribution in [0.1, 0.15) is 6.42 Å². The molecule has 1 saturated heterocycles. The molecule has 3 rings (SSSR count). The van der Waals surface area contributed by atoms with E-state index in [0.29, 0.717) is 18.1 Å². The zero-order valence-electron chi connectivity index (χ0n) is 9.41. The highest BCUT2D eigenvalue weighted by Crippen LogP contribution is 2.31. The maximum atomic E-state index is 11.8. The van der Waals surface area contributed by atoms with Gasteiger partial charge in [-0.05, 0) is 0 Å². The minimum atomic E-state index is 0.104. The van der Waals surface area contributed by atoms with Crippen LogP contribution in [0.15, 0.2) is 30.3 Å². The fraction of sp³-hybridized carbons (Fsp3) is 0.250. The molecule has 4 nitrogen and oxygen atoms in total. The van der Waals surface area contributed by atoms with Crippen LogP contribution in [0.2, 0.25) is 0 Å². The molecule has 0 aliphatic carbocycles. The van der Waals surface area contributed by atoms with Gasteiger partial charge in [0.25, 0.3) is 0 Å². The first-order valence-corrected chi connectivity index (χ1v) is 7.30. The van der Waals surface area contributed by atoms with Gasteiger partial charge in [0.15, 0.2) is 0 Å². The molecule has 0 saturated carbocycles. The molecule has 1 aromatic carbocycles. The van der Waals surface area contributed by atoms with Gasteiger partial charge in [0.05, 0.1) is 0 Å². The fourth-order valence-corrected chi connectivity index (χ4v) is 3.31. The van der Waals surface area contributed by atoms with Crippen molar-refractivity contribution in [2.24, 2.45) is 0 Å². The van der Waals surface area contributed by atoms with Gasteiger partial charge in [0.2, 0.25) is 11.0 Å². The summed E-state index contributed by atoms with van der Waals surface area (Å²) in [6.45, 7) is 0.669. The summed E-state index contributed by atoms with van der Waals surface area (Å²) in [4.78, 5) is 13.7. The number of hydrogen-bond donors (Lipinski definition) is 0. The van der Waals surface area contributed by atoms with E-state index in [4.69, 9.17) is 0 Å². The molecule has 1 amide bonds. The van der Waals surface area contributed by atoms with Gasteiger partial charge in [-0.2, -0.15) is 0 Å². The van der Waals surface area contributed by atoms with E-state index in [-0.39, 0.29) is 10.7 Å². The molecule has 0 spiro atoms. The van der Waals surface area contributed by atoms with Gasteiger partial charge in [-0.15, -0.1) is 10.2 Å². The number of alkyl halides is 1. The Morgan fingerprint density at radius 3 is 2.72 bits per heavy atom. The van der Waals surface area contributed by atoms with Crippen molar-refractivity contribution in [2.75, 3.05) is 11.4 Å². The van der Waals surface area contributed by atoms with Crippen molar-refractivity contribution in [1.82, 2.24) is 10.2 Å². The Balaban J connectivity index is 1.88. The van der Waals surface area contributed by atoms with Gasteiger partial charge in [0, 0.05) is 23.4 Å². The lowest BCUT2D eigenvalue weighted by molar-refractivity contribution is -0.117. The zero-order chi connectivity index (χ0) is 12.5. The molecule has 2 heterocycles. The van der Waals surface area contributed by atoms with Crippen LogP contribution in [0.3, 0.4) is 0 Å². The summed E-state index contributed by atoms with van der Waals surface area (Å²) in [5.41, 5.74) is 1.03. The summed E-state index contributed by atoms with van der Waals surface area (Å²) in [7, 11) is 0. The standard InChI is InChI=1S/C12H10BrN3OS/c13-9-6-10(17)16(7-9)12-15-14-11(18-12)8-4-2-1-3-5-8/h1-5,9H,6-7H2. The molecule has 1 aromatic heterocycles. The molecule has 1 aliphatic heterocycles. The second-order valence-electron chi connectivity index (χ2n) is 4.06. The zero-order valence-corrected chi connectivity index (χ0v) is 11.8. The number of benzene rings is 1. The molecule has 0 radical (unpaired) electrons. The Bertz CT molecular complexity index is 572. The molecule has 1 atom stereocenters. The minimum Gasteiger partial charge on any atom is -0.285 e. The van der Waals surface area contributed by atoms with E-state index in [2.05, 4.69) is 26.1 Å². The van der Waals surface area contributed by atoms with Crippen molar-refractivity contribution in [2.45, 2.75) is 11.2 Å². The monoisotopic (exact) mass is 323 g/mol. The highest BCUT2D eigenvalue weighted by atomic mass is 79.9. The topological polar surface area (TPSA) is 46.1 Å². The number of anilines is 1. The third-order valence-corrected chi connectivity index (χ3v) is 4.35. The van der Waals surface area contributed by atoms with Crippen molar-refractivity contribution in [1.29, 1.82) is 0 Å². The van der Waals surface area contributed by atoms with Crippen molar-refractivity contribution >= 4 is 38.3 Å². The van der Waals surface area contributed by atoms with Crippen LogP contribution in [-0.4, -0.2) is 27.5 Å². The molecule has 18 heavy (non-hydrogen) atoms. The number of halogens is 1. The van der Waals surface area contributed by atoms with E-state index >= 15 is 0 Å². The van der Waals surface area contributed by atoms with Crippen LogP contribution in [0.4, 0.5) is 5.13 Å². The van der Waals surface area contributed by atoms with Gasteiger partial charge in [0.1, 0.15) is 5.01 Å². The normalized spacial score (nSPS) is 19.5. The first kappa shape index (κ1) is 11.8. The summed E-state index contributed by atoms with van der Waals surface area (Å²) >= 11 is 4.91. The summed E-state index contributed by atoms with van der Waals surface area (Å²) in [5.74, 6) is 0.104. The van der Waals surface area contributed by atoms with Crippen LogP contribution in [0.25, 0.3) is 10.6 Å². The molecule has 92 valence electrons. The SMILES string of the molecule is O=C1CC(Br)CN1c1nnc(-c2ccccc2)s1. The lowest BCUT2D eigenvalue weighted by Crippen LogP contribution is -2.24. The molecule has 6 heteroatoms. The highest BCUT2D eigenvalue weighted by Gasteiger charge is 2.31. The number of rotatable bonds is 2. The maximum Gasteiger partial charge on any atom is 0.230 e. The second kappa shape index (κ2) is 4.78. The Kier molecular flexibility index (Phi) is 3.13. The molecular weight excluding hydrogens is 314 g/mol. The predicted octanol–water partition coefficient (Wildman–Crippen LogP) is 2.71. The molecule has 0 bridgehead atoms. The van der Waals surface area contributed by atoms with Crippen molar-refractivity contribution in [3.63, 3.8) is 0 Å². The van der Waals surface area contributed by atoms with Crippen LogP contribution >= 0.6 is 27.3 Å². The molecular formula is C12H10BrN3OS. The van der Waals surface area contributed by atoms with Crippen LogP contribution in [-0.2, 0) is 4.79 Å². The molecule has 1 aliphatic rings. The van der Waals surface area contributed by atoms with E-state index in [1.54, 1.807) is 4.90 Å². The third-order valence-electron chi connectivity index (χ3n) is 2.74. The highest BCUT2D eigenvalue weighted by molar-refractivity contribution is 9.09. The van der Waals surface area contributed by atoms with Gasteiger partial charge < -0.3 is 0 Å². The van der Waals surface area contributed by atoms with Crippen molar-refractivity contribution in [3.05, 3.63) is 30.3 Å². The first-order chi connectivity index (χ1) is 8.74. The van der Waals surface area contributed by atoms with Crippen LogP contribution in [0.5, 0.6) is 0 Å². The first-order valence-electron chi connectivity index (χ1n) is 5.57. The summed E-state index contributed by atoms with van der Waals surface area (Å²) < 4.78 is 0. The Hall–Kier alpha value is -1.27. The van der Waals surface area contributed by atoms with Crippen LogP contribution in [0, 0.1) is 0 Å². The number of amides is 1. The Morgan fingerprint density at radius 2 is 2.06 bits per heavy atom. The van der Waals surface area contributed by atoms with Gasteiger partial charge in [-0.1, -0.05) is 57.6 Å². The molecule has 0 N–H and O–H groups in total. The number of aromatic nitrogens is 2. The van der Waals surface area contributed by atoms with Crippen molar-refractivity contribution in [3.8, 4) is 10.6 Å². The van der Waals surface area contributed by atoms with Gasteiger partial charge >= 0.3 is 0 Å². The summed E-state index contributed by atoms with van der Waals surface area (Å²) in [5, 5.41) is 9.79.